The quantitative estimate of drug-likeness (QED) is 0.505. The minimum Gasteiger partial charge on any atom is -0.160 e. The maximum atomic E-state index is 4.01. The van der Waals surface area contributed by atoms with Gasteiger partial charge in [-0.15, -0.1) is 0 Å². The van der Waals surface area contributed by atoms with Crippen LogP contribution in [0, 0.1) is 16.7 Å². The highest BCUT2D eigenvalue weighted by atomic mass is 32.1. The summed E-state index contributed by atoms with van der Waals surface area (Å²) in [4.78, 5) is 1.66. The molecule has 0 saturated heterocycles. The predicted molar refractivity (Wildman–Crippen MR) is 58.9 cm³/mol. The Balaban J connectivity index is 2.52. The van der Waals surface area contributed by atoms with Crippen molar-refractivity contribution in [3.63, 3.8) is 0 Å². The normalized spacial score (nSPS) is 43.6. The van der Waals surface area contributed by atoms with Gasteiger partial charge in [0.15, 0.2) is 0 Å². The molecular weight excluding hydrogens is 164 g/mol. The van der Waals surface area contributed by atoms with Crippen LogP contribution in [0.25, 0.3) is 0 Å². The molecular formula is C11H18S. The van der Waals surface area contributed by atoms with E-state index >= 15 is 0 Å². The second-order valence-corrected chi connectivity index (χ2v) is 5.89. The number of hydrogen-bond donors (Lipinski definition) is 0. The Morgan fingerprint density at radius 1 is 1.42 bits per heavy atom. The van der Waals surface area contributed by atoms with Crippen molar-refractivity contribution < 1.29 is 0 Å². The van der Waals surface area contributed by atoms with Crippen LogP contribution in [-0.4, -0.2) is 10.7 Å². The van der Waals surface area contributed by atoms with Crippen LogP contribution in [0.4, 0.5) is 0 Å². The fraction of sp³-hybridized carbons (Fsp3) is 0.818. The van der Waals surface area contributed by atoms with Crippen LogP contribution < -0.4 is 0 Å². The summed E-state index contributed by atoms with van der Waals surface area (Å²) in [5.41, 5.74) is 0.986. The minimum atomic E-state index is 0.458. The van der Waals surface area contributed by atoms with Gasteiger partial charge in [0.1, 0.15) is 0 Å². The van der Waals surface area contributed by atoms with E-state index in [0.29, 0.717) is 10.8 Å². The molecule has 12 heavy (non-hydrogen) atoms. The minimum absolute atomic E-state index is 0.458. The molecule has 2 atom stereocenters. The van der Waals surface area contributed by atoms with Crippen LogP contribution >= 0.6 is 10.9 Å². The van der Waals surface area contributed by atoms with Gasteiger partial charge in [-0.2, -0.15) is 10.9 Å². The van der Waals surface area contributed by atoms with Gasteiger partial charge >= 0.3 is 0 Å². The van der Waals surface area contributed by atoms with Gasteiger partial charge in [0.25, 0.3) is 0 Å². The van der Waals surface area contributed by atoms with E-state index in [4.69, 9.17) is 0 Å². The van der Waals surface area contributed by atoms with E-state index < -0.39 is 0 Å². The maximum absolute atomic E-state index is 4.01. The summed E-state index contributed by atoms with van der Waals surface area (Å²) in [6.45, 7) is 7.22. The van der Waals surface area contributed by atoms with Gasteiger partial charge in [0.05, 0.1) is 0 Å². The third kappa shape index (κ3) is 0.834. The Kier molecular flexibility index (Phi) is 1.61. The van der Waals surface area contributed by atoms with Crippen molar-refractivity contribution in [3.05, 3.63) is 0 Å². The van der Waals surface area contributed by atoms with Crippen molar-refractivity contribution >= 4 is 21.7 Å². The van der Waals surface area contributed by atoms with Crippen molar-refractivity contribution in [2.24, 2.45) is 16.7 Å². The Labute approximate surface area is 78.9 Å². The summed E-state index contributed by atoms with van der Waals surface area (Å²) in [7, 11) is 1.77. The summed E-state index contributed by atoms with van der Waals surface area (Å²) >= 11 is 0. The van der Waals surface area contributed by atoms with Crippen molar-refractivity contribution in [1.29, 1.82) is 0 Å². The number of rotatable bonds is 0. The monoisotopic (exact) mass is 182 g/mol. The molecule has 2 bridgehead atoms. The third-order valence-electron chi connectivity index (χ3n) is 4.04. The standard InChI is InChI=1S/C11H18S/c1-10(2)8-5-6-11(3,7-8)9(10)12-4/h8H,4-7H2,1-3H3. The summed E-state index contributed by atoms with van der Waals surface area (Å²) in [6.07, 6.45) is 4.25. The van der Waals surface area contributed by atoms with Crippen LogP contribution in [-0.2, 0) is 0 Å². The zero-order valence-electron chi connectivity index (χ0n) is 8.31. The first-order valence-electron chi connectivity index (χ1n) is 4.81. The van der Waals surface area contributed by atoms with Gasteiger partial charge in [-0.3, -0.25) is 0 Å². The fourth-order valence-electron chi connectivity index (χ4n) is 3.39. The van der Waals surface area contributed by atoms with Gasteiger partial charge in [0.2, 0.25) is 0 Å². The maximum Gasteiger partial charge on any atom is -0.00116 e. The lowest BCUT2D eigenvalue weighted by molar-refractivity contribution is 0.337. The molecule has 2 fully saturated rings. The van der Waals surface area contributed by atoms with Gasteiger partial charge < -0.3 is 0 Å². The molecule has 0 amide bonds. The third-order valence-corrected chi connectivity index (χ3v) is 5.35. The molecule has 0 aliphatic heterocycles. The van der Waals surface area contributed by atoms with E-state index in [1.54, 1.807) is 15.8 Å². The number of hydrogen-bond acceptors (Lipinski definition) is 0. The average molecular weight is 182 g/mol. The van der Waals surface area contributed by atoms with Gasteiger partial charge in [0, 0.05) is 0 Å². The average Bonchev–Trinajstić information content (AvgIpc) is 2.39. The van der Waals surface area contributed by atoms with Crippen LogP contribution in [0.1, 0.15) is 40.0 Å². The Morgan fingerprint density at radius 2 is 2.08 bits per heavy atom. The lowest BCUT2D eigenvalue weighted by atomic mass is 9.73. The highest BCUT2D eigenvalue weighted by molar-refractivity contribution is 7.96. The van der Waals surface area contributed by atoms with Crippen LogP contribution in [0.5, 0.6) is 0 Å². The lowest BCUT2D eigenvalue weighted by Crippen LogP contribution is -2.34. The number of fused-ring (bicyclic) bond motifs is 2. The van der Waals surface area contributed by atoms with Gasteiger partial charge in [-0.1, -0.05) is 20.8 Å². The van der Waals surface area contributed by atoms with E-state index in [-0.39, 0.29) is 0 Å². The van der Waals surface area contributed by atoms with Crippen LogP contribution in [0.2, 0.25) is 0 Å². The zero-order valence-corrected chi connectivity index (χ0v) is 9.13. The molecule has 2 unspecified atom stereocenters. The SMILES string of the molecule is C=S=C1C2(C)CCC(C2)C1(C)C. The highest BCUT2D eigenvalue weighted by Gasteiger charge is 2.55. The van der Waals surface area contributed by atoms with Crippen molar-refractivity contribution in [3.8, 4) is 0 Å². The molecule has 0 radical (unpaired) electrons. The molecule has 2 saturated carbocycles. The molecule has 0 spiro atoms. The lowest BCUT2D eigenvalue weighted by Gasteiger charge is -2.35. The molecule has 1 heteroatoms. The van der Waals surface area contributed by atoms with Gasteiger partial charge in [-0.25, -0.2) is 0 Å². The molecule has 2 aliphatic carbocycles. The highest BCUT2D eigenvalue weighted by Crippen LogP contribution is 2.60. The molecule has 2 rings (SSSR count). The fourth-order valence-corrected chi connectivity index (χ4v) is 4.46. The second-order valence-electron chi connectivity index (χ2n) is 5.20. The van der Waals surface area contributed by atoms with E-state index in [9.17, 15) is 0 Å². The molecule has 0 aromatic carbocycles. The molecule has 68 valence electrons. The molecule has 0 N–H and O–H groups in total. The summed E-state index contributed by atoms with van der Waals surface area (Å²) in [6, 6.07) is 0. The predicted octanol–water partition coefficient (Wildman–Crippen LogP) is 3.17. The van der Waals surface area contributed by atoms with Crippen LogP contribution in [0.3, 0.4) is 0 Å². The topological polar surface area (TPSA) is 0 Å². The van der Waals surface area contributed by atoms with E-state index in [2.05, 4.69) is 26.6 Å². The van der Waals surface area contributed by atoms with Crippen molar-refractivity contribution in [2.45, 2.75) is 40.0 Å². The van der Waals surface area contributed by atoms with Gasteiger partial charge in [-0.05, 0) is 46.7 Å². The molecule has 0 nitrogen and oxygen atoms in total. The van der Waals surface area contributed by atoms with Crippen molar-refractivity contribution in [2.75, 3.05) is 0 Å². The Morgan fingerprint density at radius 3 is 2.42 bits per heavy atom. The van der Waals surface area contributed by atoms with Crippen molar-refractivity contribution in [1.82, 2.24) is 0 Å². The first kappa shape index (κ1) is 8.55. The molecule has 0 aromatic heterocycles. The second kappa shape index (κ2) is 2.25. The largest absolute Gasteiger partial charge is 0.160 e. The Bertz CT molecular complexity index is 264. The summed E-state index contributed by atoms with van der Waals surface area (Å²) in [5, 5.41) is 0. The Hall–Kier alpha value is -0.0400. The summed E-state index contributed by atoms with van der Waals surface area (Å²) < 4.78 is 0. The smallest absolute Gasteiger partial charge is 0.00116 e. The first-order chi connectivity index (χ1) is 5.50. The van der Waals surface area contributed by atoms with Crippen LogP contribution in [0.15, 0.2) is 0 Å². The van der Waals surface area contributed by atoms with E-state index in [0.717, 1.165) is 5.92 Å². The summed E-state index contributed by atoms with van der Waals surface area (Å²) in [5.74, 6) is 4.94. The molecule has 0 aromatic rings. The zero-order chi connectivity index (χ0) is 8.98. The first-order valence-corrected chi connectivity index (χ1v) is 5.79. The van der Waals surface area contributed by atoms with E-state index in [1.165, 1.54) is 19.3 Å². The molecule has 0 heterocycles. The van der Waals surface area contributed by atoms with E-state index in [1.807, 2.05) is 0 Å². The molecule has 2 aliphatic rings.